The predicted octanol–water partition coefficient (Wildman–Crippen LogP) is 0.559. The maximum atomic E-state index is 12.1. The third-order valence-electron chi connectivity index (χ3n) is 4.88. The number of nitrogens with zero attached hydrogens (tertiary/aromatic N) is 1. The number of hydrogen-bond acceptors (Lipinski definition) is 3. The molecule has 0 saturated carbocycles. The highest BCUT2D eigenvalue weighted by Gasteiger charge is 2.76. The third-order valence-corrected chi connectivity index (χ3v) is 4.88. The zero-order valence-corrected chi connectivity index (χ0v) is 9.24. The van der Waals surface area contributed by atoms with Crippen molar-refractivity contribution in [3.63, 3.8) is 0 Å². The molecule has 4 heteroatoms. The molecule has 3 fully saturated rings. The van der Waals surface area contributed by atoms with Crippen LogP contribution in [0.3, 0.4) is 0 Å². The minimum Gasteiger partial charge on any atom is -0.373 e. The van der Waals surface area contributed by atoms with Crippen LogP contribution >= 0.6 is 0 Å². The number of likely N-dealkylation sites (tertiary alicyclic amines) is 1. The summed E-state index contributed by atoms with van der Waals surface area (Å²) in [4.78, 5) is 25.6. The molecule has 3 aliphatic rings. The van der Waals surface area contributed by atoms with E-state index < -0.39 is 10.8 Å². The molecular formula is C11H15NO3. The molecule has 0 aromatic heterocycles. The summed E-state index contributed by atoms with van der Waals surface area (Å²) in [6.45, 7) is 3.78. The van der Waals surface area contributed by atoms with E-state index in [0.717, 1.165) is 12.8 Å². The first-order valence-corrected chi connectivity index (χ1v) is 5.42. The zero-order chi connectivity index (χ0) is 11.0. The quantitative estimate of drug-likeness (QED) is 0.548. The Balaban J connectivity index is 2.22. The molecule has 2 bridgehead atoms. The molecule has 0 aliphatic carbocycles. The number of imide groups is 1. The van der Waals surface area contributed by atoms with E-state index in [9.17, 15) is 9.59 Å². The summed E-state index contributed by atoms with van der Waals surface area (Å²) in [6, 6.07) is 0. The van der Waals surface area contributed by atoms with Gasteiger partial charge in [0.05, 0.1) is 23.0 Å². The molecular weight excluding hydrogens is 194 g/mol. The Hall–Kier alpha value is -0.900. The first-order chi connectivity index (χ1) is 6.94. The lowest BCUT2D eigenvalue weighted by molar-refractivity contribution is -0.143. The normalized spacial score (nSPS) is 52.9. The van der Waals surface area contributed by atoms with E-state index in [1.165, 1.54) is 4.90 Å². The first kappa shape index (κ1) is 9.33. The summed E-state index contributed by atoms with van der Waals surface area (Å²) in [6.07, 6.45) is 1.69. The second-order valence-corrected chi connectivity index (χ2v) is 5.26. The molecule has 0 radical (unpaired) electrons. The van der Waals surface area contributed by atoms with Crippen molar-refractivity contribution in [2.75, 3.05) is 7.05 Å². The smallest absolute Gasteiger partial charge is 0.238 e. The molecule has 4 nitrogen and oxygen atoms in total. The van der Waals surface area contributed by atoms with E-state index >= 15 is 0 Å². The van der Waals surface area contributed by atoms with Gasteiger partial charge in [-0.25, -0.2) is 0 Å². The lowest BCUT2D eigenvalue weighted by Gasteiger charge is -2.36. The van der Waals surface area contributed by atoms with Gasteiger partial charge in [-0.2, -0.15) is 0 Å². The monoisotopic (exact) mass is 209 g/mol. The molecule has 2 amide bonds. The molecule has 0 spiro atoms. The fourth-order valence-electron chi connectivity index (χ4n) is 3.66. The summed E-state index contributed by atoms with van der Waals surface area (Å²) in [5.41, 5.74) is -1.25. The maximum absolute atomic E-state index is 12.1. The van der Waals surface area contributed by atoms with Crippen molar-refractivity contribution in [1.82, 2.24) is 4.90 Å². The molecule has 3 rings (SSSR count). The minimum absolute atomic E-state index is 0.0612. The molecule has 4 atom stereocenters. The van der Waals surface area contributed by atoms with Crippen LogP contribution in [0.4, 0.5) is 0 Å². The van der Waals surface area contributed by atoms with Gasteiger partial charge in [-0.05, 0) is 26.7 Å². The van der Waals surface area contributed by atoms with Crippen LogP contribution in [-0.4, -0.2) is 36.0 Å². The van der Waals surface area contributed by atoms with Crippen molar-refractivity contribution in [1.29, 1.82) is 0 Å². The molecule has 0 aromatic rings. The Morgan fingerprint density at radius 2 is 1.53 bits per heavy atom. The molecule has 0 aromatic carbocycles. The number of fused-ring (bicyclic) bond motifs is 5. The lowest BCUT2D eigenvalue weighted by atomic mass is 9.59. The van der Waals surface area contributed by atoms with Crippen LogP contribution in [0.5, 0.6) is 0 Å². The van der Waals surface area contributed by atoms with Gasteiger partial charge in [0.25, 0.3) is 0 Å². The van der Waals surface area contributed by atoms with E-state index in [-0.39, 0.29) is 24.0 Å². The van der Waals surface area contributed by atoms with Crippen LogP contribution in [0.15, 0.2) is 0 Å². The van der Waals surface area contributed by atoms with Gasteiger partial charge in [-0.1, -0.05) is 0 Å². The van der Waals surface area contributed by atoms with Crippen molar-refractivity contribution < 1.29 is 14.3 Å². The fourth-order valence-corrected chi connectivity index (χ4v) is 3.66. The predicted molar refractivity (Wildman–Crippen MR) is 51.9 cm³/mol. The maximum Gasteiger partial charge on any atom is 0.238 e. The summed E-state index contributed by atoms with van der Waals surface area (Å²) >= 11 is 0. The average Bonchev–Trinajstić information content (AvgIpc) is 2.81. The van der Waals surface area contributed by atoms with Crippen LogP contribution in [0.2, 0.25) is 0 Å². The standard InChI is InChI=1S/C11H15NO3/c1-10-6-4-5-7(15-6)11(10,2)9(14)12(3)8(10)13/h6-7H,4-5H2,1-3H3/t6-,7+,10-,11+. The van der Waals surface area contributed by atoms with Crippen molar-refractivity contribution in [2.45, 2.75) is 38.9 Å². The Morgan fingerprint density at radius 1 is 1.13 bits per heavy atom. The van der Waals surface area contributed by atoms with Gasteiger partial charge in [0.15, 0.2) is 0 Å². The Labute approximate surface area is 88.6 Å². The van der Waals surface area contributed by atoms with Crippen molar-refractivity contribution in [2.24, 2.45) is 10.8 Å². The fraction of sp³-hybridized carbons (Fsp3) is 0.818. The van der Waals surface area contributed by atoms with Crippen LogP contribution in [0.25, 0.3) is 0 Å². The summed E-state index contributed by atoms with van der Waals surface area (Å²) in [7, 11) is 1.58. The van der Waals surface area contributed by atoms with Gasteiger partial charge in [-0.15, -0.1) is 0 Å². The number of rotatable bonds is 0. The molecule has 82 valence electrons. The van der Waals surface area contributed by atoms with Crippen molar-refractivity contribution in [3.05, 3.63) is 0 Å². The van der Waals surface area contributed by atoms with Gasteiger partial charge in [0.2, 0.25) is 11.8 Å². The molecule has 3 saturated heterocycles. The summed E-state index contributed by atoms with van der Waals surface area (Å²) < 4.78 is 5.77. The molecule has 3 aliphatic heterocycles. The third kappa shape index (κ3) is 0.670. The Bertz CT molecular complexity index is 346. The highest BCUT2D eigenvalue weighted by Crippen LogP contribution is 2.63. The van der Waals surface area contributed by atoms with Crippen LogP contribution in [0, 0.1) is 10.8 Å². The number of ether oxygens (including phenoxy) is 1. The van der Waals surface area contributed by atoms with Crippen LogP contribution in [0.1, 0.15) is 26.7 Å². The van der Waals surface area contributed by atoms with Gasteiger partial charge < -0.3 is 4.74 Å². The average molecular weight is 209 g/mol. The van der Waals surface area contributed by atoms with E-state index in [2.05, 4.69) is 0 Å². The van der Waals surface area contributed by atoms with E-state index in [1.54, 1.807) is 7.05 Å². The van der Waals surface area contributed by atoms with E-state index in [1.807, 2.05) is 13.8 Å². The van der Waals surface area contributed by atoms with E-state index in [4.69, 9.17) is 4.74 Å². The second-order valence-electron chi connectivity index (χ2n) is 5.26. The Kier molecular flexibility index (Phi) is 1.41. The van der Waals surface area contributed by atoms with Gasteiger partial charge in [0, 0.05) is 7.05 Å². The van der Waals surface area contributed by atoms with Gasteiger partial charge in [0.1, 0.15) is 0 Å². The van der Waals surface area contributed by atoms with Crippen LogP contribution in [-0.2, 0) is 14.3 Å². The van der Waals surface area contributed by atoms with E-state index in [0.29, 0.717) is 0 Å². The number of carbonyl (C=O) groups is 2. The summed E-state index contributed by atoms with van der Waals surface area (Å²) in [5.74, 6) is -0.135. The number of amides is 2. The Morgan fingerprint density at radius 3 is 1.93 bits per heavy atom. The van der Waals surface area contributed by atoms with Gasteiger partial charge in [-0.3, -0.25) is 14.5 Å². The highest BCUT2D eigenvalue weighted by atomic mass is 16.5. The van der Waals surface area contributed by atoms with Gasteiger partial charge >= 0.3 is 0 Å². The van der Waals surface area contributed by atoms with Crippen molar-refractivity contribution >= 4 is 11.8 Å². The SMILES string of the molecule is CN1C(=O)[C@@]2(C)[C@H]3CC[C@H](O3)[C@@]2(C)C1=O. The zero-order valence-electron chi connectivity index (χ0n) is 9.24. The molecule has 3 heterocycles. The second kappa shape index (κ2) is 2.26. The van der Waals surface area contributed by atoms with Crippen LogP contribution < -0.4 is 0 Å². The lowest BCUT2D eigenvalue weighted by Crippen LogP contribution is -2.48. The summed E-state index contributed by atoms with van der Waals surface area (Å²) in [5, 5.41) is 0. The first-order valence-electron chi connectivity index (χ1n) is 5.42. The minimum atomic E-state index is -0.623. The largest absolute Gasteiger partial charge is 0.373 e. The molecule has 0 unspecified atom stereocenters. The number of hydrogen-bond donors (Lipinski definition) is 0. The topological polar surface area (TPSA) is 46.6 Å². The molecule has 15 heavy (non-hydrogen) atoms. The number of carbonyl (C=O) groups excluding carboxylic acids is 2. The van der Waals surface area contributed by atoms with Crippen molar-refractivity contribution in [3.8, 4) is 0 Å². The highest BCUT2D eigenvalue weighted by molar-refractivity contribution is 6.10. The molecule has 0 N–H and O–H groups in total.